The number of anilines is 1. The number of morpholine rings is 1. The van der Waals surface area contributed by atoms with E-state index in [1.165, 1.54) is 28.6 Å². The second-order valence-electron chi connectivity index (χ2n) is 7.50. The highest BCUT2D eigenvalue weighted by Gasteiger charge is 2.32. The van der Waals surface area contributed by atoms with Gasteiger partial charge in [-0.1, -0.05) is 6.07 Å². The zero-order valence-electron chi connectivity index (χ0n) is 17.8. The predicted octanol–water partition coefficient (Wildman–Crippen LogP) is 2.49. The van der Waals surface area contributed by atoms with E-state index in [-0.39, 0.29) is 36.1 Å². The molecule has 1 saturated heterocycles. The number of amides is 2. The average molecular weight is 446 g/mol. The van der Waals surface area contributed by atoms with Crippen LogP contribution in [0.5, 0.6) is 0 Å². The molecule has 1 aliphatic rings. The number of sulfonamides is 1. The smallest absolute Gasteiger partial charge is 0.255 e. The van der Waals surface area contributed by atoms with E-state index < -0.39 is 15.9 Å². The van der Waals surface area contributed by atoms with Crippen LogP contribution in [-0.2, 0) is 14.8 Å². The first-order valence-electron chi connectivity index (χ1n) is 10.2. The van der Waals surface area contributed by atoms with Gasteiger partial charge in [0.05, 0.1) is 17.1 Å². The summed E-state index contributed by atoms with van der Waals surface area (Å²) >= 11 is 0. The summed E-state index contributed by atoms with van der Waals surface area (Å²) in [5, 5.41) is 5.44. The lowest BCUT2D eigenvalue weighted by Crippen LogP contribution is -2.48. The van der Waals surface area contributed by atoms with Crippen molar-refractivity contribution in [3.8, 4) is 0 Å². The Morgan fingerprint density at radius 3 is 2.26 bits per heavy atom. The van der Waals surface area contributed by atoms with E-state index >= 15 is 0 Å². The van der Waals surface area contributed by atoms with Crippen molar-refractivity contribution in [2.75, 3.05) is 25.0 Å². The molecule has 0 saturated carbocycles. The number of carbonyl (C=O) groups is 2. The van der Waals surface area contributed by atoms with Crippen LogP contribution in [0, 0.1) is 0 Å². The summed E-state index contributed by atoms with van der Waals surface area (Å²) in [6.07, 6.45) is -0.363. The van der Waals surface area contributed by atoms with Crippen molar-refractivity contribution in [2.24, 2.45) is 0 Å². The van der Waals surface area contributed by atoms with E-state index in [1.807, 2.05) is 20.8 Å². The van der Waals surface area contributed by atoms with Gasteiger partial charge < -0.3 is 15.4 Å². The Balaban J connectivity index is 1.72. The largest absolute Gasteiger partial charge is 0.373 e. The second kappa shape index (κ2) is 9.59. The lowest BCUT2D eigenvalue weighted by atomic mass is 10.1. The summed E-state index contributed by atoms with van der Waals surface area (Å²) in [5.41, 5.74) is 1.22. The standard InChI is InChI=1S/C22H27N3O5S/c1-4-23-21(26)18-6-5-7-19(12-18)24-22(27)17-8-10-20(11-9-17)31(28,29)25-13-15(2)30-16(3)14-25/h5-12,15-16H,4,13-14H2,1-3H3,(H,23,26)(H,24,27)/t15-,16+. The highest BCUT2D eigenvalue weighted by molar-refractivity contribution is 7.89. The fourth-order valence-corrected chi connectivity index (χ4v) is 5.05. The van der Waals surface area contributed by atoms with Crippen LogP contribution >= 0.6 is 0 Å². The van der Waals surface area contributed by atoms with Crippen molar-refractivity contribution in [3.05, 3.63) is 59.7 Å². The SMILES string of the molecule is CCNC(=O)c1cccc(NC(=O)c2ccc(S(=O)(=O)N3C[C@@H](C)O[C@@H](C)C3)cc2)c1. The topological polar surface area (TPSA) is 105 Å². The molecule has 1 heterocycles. The molecule has 2 aromatic carbocycles. The van der Waals surface area contributed by atoms with Gasteiger partial charge in [-0.15, -0.1) is 0 Å². The Morgan fingerprint density at radius 2 is 1.65 bits per heavy atom. The lowest BCUT2D eigenvalue weighted by molar-refractivity contribution is -0.0440. The van der Waals surface area contributed by atoms with Crippen molar-refractivity contribution in [3.63, 3.8) is 0 Å². The van der Waals surface area contributed by atoms with Gasteiger partial charge in [-0.2, -0.15) is 4.31 Å². The molecule has 31 heavy (non-hydrogen) atoms. The number of hydrogen-bond donors (Lipinski definition) is 2. The molecule has 1 aliphatic heterocycles. The Bertz CT molecular complexity index is 1040. The van der Waals surface area contributed by atoms with Crippen molar-refractivity contribution in [1.82, 2.24) is 9.62 Å². The molecule has 0 aliphatic carbocycles. The summed E-state index contributed by atoms with van der Waals surface area (Å²) in [4.78, 5) is 24.7. The van der Waals surface area contributed by atoms with Crippen LogP contribution in [0.15, 0.2) is 53.4 Å². The van der Waals surface area contributed by atoms with Crippen molar-refractivity contribution in [1.29, 1.82) is 0 Å². The maximum absolute atomic E-state index is 12.9. The Kier molecular flexibility index (Phi) is 7.09. The van der Waals surface area contributed by atoms with E-state index in [1.54, 1.807) is 24.3 Å². The summed E-state index contributed by atoms with van der Waals surface area (Å²) in [6, 6.07) is 12.4. The Hall–Kier alpha value is -2.75. The molecular weight excluding hydrogens is 418 g/mol. The molecule has 0 spiro atoms. The van der Waals surface area contributed by atoms with Gasteiger partial charge in [0, 0.05) is 36.4 Å². The monoisotopic (exact) mass is 445 g/mol. The summed E-state index contributed by atoms with van der Waals surface area (Å²) < 4.78 is 32.9. The van der Waals surface area contributed by atoms with Crippen LogP contribution in [0.4, 0.5) is 5.69 Å². The molecule has 9 heteroatoms. The van der Waals surface area contributed by atoms with Gasteiger partial charge >= 0.3 is 0 Å². The van der Waals surface area contributed by atoms with Gasteiger partial charge in [-0.05, 0) is 63.2 Å². The minimum atomic E-state index is -3.67. The van der Waals surface area contributed by atoms with Gasteiger partial charge in [-0.25, -0.2) is 8.42 Å². The molecule has 2 aromatic rings. The number of carbonyl (C=O) groups excluding carboxylic acids is 2. The van der Waals surface area contributed by atoms with Crippen molar-refractivity contribution >= 4 is 27.5 Å². The highest BCUT2D eigenvalue weighted by Crippen LogP contribution is 2.22. The number of ether oxygens (including phenoxy) is 1. The lowest BCUT2D eigenvalue weighted by Gasteiger charge is -2.34. The summed E-state index contributed by atoms with van der Waals surface area (Å²) in [7, 11) is -3.67. The van der Waals surface area contributed by atoms with Crippen LogP contribution in [0.2, 0.25) is 0 Å². The molecule has 166 valence electrons. The van der Waals surface area contributed by atoms with Crippen LogP contribution in [-0.4, -0.2) is 56.4 Å². The molecule has 2 atom stereocenters. The molecule has 8 nitrogen and oxygen atoms in total. The first-order chi connectivity index (χ1) is 14.7. The van der Waals surface area contributed by atoms with Crippen LogP contribution in [0.25, 0.3) is 0 Å². The van der Waals surface area contributed by atoms with E-state index in [0.717, 1.165) is 0 Å². The Morgan fingerprint density at radius 1 is 1.00 bits per heavy atom. The number of nitrogens with zero attached hydrogens (tertiary/aromatic N) is 1. The molecule has 1 fully saturated rings. The molecule has 0 radical (unpaired) electrons. The number of nitrogens with one attached hydrogen (secondary N) is 2. The maximum atomic E-state index is 12.9. The molecule has 0 unspecified atom stereocenters. The number of benzene rings is 2. The quantitative estimate of drug-likeness (QED) is 0.711. The number of hydrogen-bond acceptors (Lipinski definition) is 5. The van der Waals surface area contributed by atoms with Gasteiger partial charge in [0.15, 0.2) is 0 Å². The summed E-state index contributed by atoms with van der Waals surface area (Å²) in [6.45, 7) is 6.59. The highest BCUT2D eigenvalue weighted by atomic mass is 32.2. The van der Waals surface area contributed by atoms with E-state index in [0.29, 0.717) is 23.4 Å². The van der Waals surface area contributed by atoms with Crippen molar-refractivity contribution < 1.29 is 22.7 Å². The normalized spacial score (nSPS) is 19.6. The van der Waals surface area contributed by atoms with Crippen LogP contribution in [0.1, 0.15) is 41.5 Å². The average Bonchev–Trinajstić information content (AvgIpc) is 2.73. The van der Waals surface area contributed by atoms with Gasteiger partial charge in [0.25, 0.3) is 11.8 Å². The van der Waals surface area contributed by atoms with E-state index in [9.17, 15) is 18.0 Å². The van der Waals surface area contributed by atoms with Gasteiger partial charge in [0.2, 0.25) is 10.0 Å². The summed E-state index contributed by atoms with van der Waals surface area (Å²) in [5.74, 6) is -0.620. The third-order valence-corrected chi connectivity index (χ3v) is 6.71. The minimum Gasteiger partial charge on any atom is -0.373 e. The van der Waals surface area contributed by atoms with Crippen LogP contribution in [0.3, 0.4) is 0 Å². The van der Waals surface area contributed by atoms with E-state index in [4.69, 9.17) is 4.74 Å². The van der Waals surface area contributed by atoms with Crippen molar-refractivity contribution in [2.45, 2.75) is 37.9 Å². The molecule has 2 N–H and O–H groups in total. The number of rotatable bonds is 6. The third-order valence-electron chi connectivity index (χ3n) is 4.86. The van der Waals surface area contributed by atoms with Crippen LogP contribution < -0.4 is 10.6 Å². The fraction of sp³-hybridized carbons (Fsp3) is 0.364. The van der Waals surface area contributed by atoms with Gasteiger partial charge in [-0.3, -0.25) is 9.59 Å². The zero-order chi connectivity index (χ0) is 22.6. The van der Waals surface area contributed by atoms with Gasteiger partial charge in [0.1, 0.15) is 0 Å². The second-order valence-corrected chi connectivity index (χ2v) is 9.44. The molecular formula is C22H27N3O5S. The predicted molar refractivity (Wildman–Crippen MR) is 118 cm³/mol. The molecule has 0 bridgehead atoms. The molecule has 0 aromatic heterocycles. The first-order valence-corrected chi connectivity index (χ1v) is 11.6. The van der Waals surface area contributed by atoms with E-state index in [2.05, 4.69) is 10.6 Å². The molecule has 3 rings (SSSR count). The molecule has 2 amide bonds. The maximum Gasteiger partial charge on any atom is 0.255 e. The Labute approximate surface area is 182 Å². The minimum absolute atomic E-state index is 0.128. The zero-order valence-corrected chi connectivity index (χ0v) is 18.6. The fourth-order valence-electron chi connectivity index (χ4n) is 3.46. The first kappa shape index (κ1) is 22.9. The third kappa shape index (κ3) is 5.49.